The summed E-state index contributed by atoms with van der Waals surface area (Å²) in [5.74, 6) is 0.290. The summed E-state index contributed by atoms with van der Waals surface area (Å²) in [6.07, 6.45) is 3.68. The number of hydrogen-bond acceptors (Lipinski definition) is 3. The minimum Gasteiger partial charge on any atom is -0.342 e. The largest absolute Gasteiger partial charge is 0.342 e. The smallest absolute Gasteiger partial charge is 0.222 e. The number of hydrogen-bond donors (Lipinski definition) is 1. The fraction of sp³-hybridized carbons (Fsp3) is 0.364. The van der Waals surface area contributed by atoms with E-state index in [0.717, 1.165) is 29.8 Å². The van der Waals surface area contributed by atoms with E-state index in [4.69, 9.17) is 0 Å². The molecule has 1 amide bonds. The van der Waals surface area contributed by atoms with Gasteiger partial charge in [0.25, 0.3) is 0 Å². The van der Waals surface area contributed by atoms with Crippen LogP contribution >= 0.6 is 11.8 Å². The molecule has 4 nitrogen and oxygen atoms in total. The highest BCUT2D eigenvalue weighted by Crippen LogP contribution is 2.46. The van der Waals surface area contributed by atoms with E-state index in [9.17, 15) is 4.79 Å². The van der Waals surface area contributed by atoms with Gasteiger partial charge < -0.3 is 4.90 Å². The number of carbonyl (C=O) groups is 1. The number of rotatable bonds is 2. The highest BCUT2D eigenvalue weighted by molar-refractivity contribution is 7.99. The monoisotopic (exact) mass is 377 g/mol. The number of likely N-dealkylation sites (tertiary alicyclic amines) is 1. The number of amides is 1. The van der Waals surface area contributed by atoms with E-state index in [-0.39, 0.29) is 5.41 Å². The van der Waals surface area contributed by atoms with Gasteiger partial charge in [0, 0.05) is 35.2 Å². The maximum Gasteiger partial charge on any atom is 0.222 e. The van der Waals surface area contributed by atoms with E-state index in [1.54, 1.807) is 11.8 Å². The molecule has 0 saturated carbocycles. The third-order valence-corrected chi connectivity index (χ3v) is 7.48. The van der Waals surface area contributed by atoms with E-state index >= 15 is 0 Å². The first kappa shape index (κ1) is 16.9. The summed E-state index contributed by atoms with van der Waals surface area (Å²) in [6, 6.07) is 15.4. The van der Waals surface area contributed by atoms with Crippen LogP contribution in [0.15, 0.2) is 52.4 Å². The predicted octanol–water partition coefficient (Wildman–Crippen LogP) is 4.54. The van der Waals surface area contributed by atoms with Crippen molar-refractivity contribution in [1.82, 2.24) is 15.1 Å². The lowest BCUT2D eigenvalue weighted by Crippen LogP contribution is -2.56. The Morgan fingerprint density at radius 3 is 2.96 bits per heavy atom. The first-order chi connectivity index (χ1) is 13.1. The lowest BCUT2D eigenvalue weighted by atomic mass is 9.63. The molecule has 138 valence electrons. The molecular formula is C22H23N3OS. The van der Waals surface area contributed by atoms with Gasteiger partial charge in [0.15, 0.2) is 0 Å². The van der Waals surface area contributed by atoms with Crippen LogP contribution in [0.3, 0.4) is 0 Å². The minimum atomic E-state index is 0.0679. The number of likely N-dealkylation sites (N-methyl/N-ethyl adjacent to an activating group) is 1. The Kier molecular flexibility index (Phi) is 3.83. The van der Waals surface area contributed by atoms with Gasteiger partial charge in [-0.1, -0.05) is 43.0 Å². The van der Waals surface area contributed by atoms with Crippen molar-refractivity contribution < 1.29 is 4.79 Å². The Morgan fingerprint density at radius 2 is 2.07 bits per heavy atom. The van der Waals surface area contributed by atoms with Crippen LogP contribution in [-0.2, 0) is 16.6 Å². The van der Waals surface area contributed by atoms with Gasteiger partial charge in [0.2, 0.25) is 5.91 Å². The molecule has 3 aromatic rings. The van der Waals surface area contributed by atoms with Gasteiger partial charge in [0.05, 0.1) is 5.52 Å². The molecule has 1 aliphatic heterocycles. The summed E-state index contributed by atoms with van der Waals surface area (Å²) < 4.78 is 0. The van der Waals surface area contributed by atoms with Crippen molar-refractivity contribution in [3.05, 3.63) is 53.6 Å². The Bertz CT molecular complexity index is 1040. The van der Waals surface area contributed by atoms with Gasteiger partial charge in [-0.2, -0.15) is 5.10 Å². The third kappa shape index (κ3) is 2.59. The molecule has 5 heteroatoms. The topological polar surface area (TPSA) is 49.0 Å². The number of aromatic amines is 1. The zero-order chi connectivity index (χ0) is 18.6. The number of piperidine rings is 1. The van der Waals surface area contributed by atoms with Crippen LogP contribution in [0.1, 0.15) is 37.3 Å². The first-order valence-electron chi connectivity index (χ1n) is 9.56. The number of aryl methyl sites for hydroxylation is 1. The van der Waals surface area contributed by atoms with Crippen LogP contribution in [0.5, 0.6) is 0 Å². The zero-order valence-electron chi connectivity index (χ0n) is 15.7. The van der Waals surface area contributed by atoms with E-state index < -0.39 is 0 Å². The van der Waals surface area contributed by atoms with Crippen molar-refractivity contribution in [3.63, 3.8) is 0 Å². The molecule has 0 radical (unpaired) electrons. The highest BCUT2D eigenvalue weighted by atomic mass is 32.2. The molecule has 0 spiro atoms. The summed E-state index contributed by atoms with van der Waals surface area (Å²) in [5, 5.41) is 9.80. The van der Waals surface area contributed by atoms with Crippen LogP contribution in [0.25, 0.3) is 10.9 Å². The minimum absolute atomic E-state index is 0.0679. The molecule has 1 saturated heterocycles. The van der Waals surface area contributed by atoms with Gasteiger partial charge in [0.1, 0.15) is 5.03 Å². The molecule has 1 aliphatic carbocycles. The van der Waals surface area contributed by atoms with E-state index in [0.29, 0.717) is 18.4 Å². The van der Waals surface area contributed by atoms with E-state index in [1.807, 2.05) is 18.0 Å². The Hall–Kier alpha value is -2.27. The highest BCUT2D eigenvalue weighted by Gasteiger charge is 2.46. The fourth-order valence-corrected chi connectivity index (χ4v) is 5.89. The molecule has 1 aromatic heterocycles. The molecule has 2 aliphatic rings. The average Bonchev–Trinajstić information content (AvgIpc) is 3.08. The quantitative estimate of drug-likeness (QED) is 0.713. The van der Waals surface area contributed by atoms with E-state index in [2.05, 4.69) is 53.5 Å². The van der Waals surface area contributed by atoms with Gasteiger partial charge in [-0.25, -0.2) is 0 Å². The second-order valence-corrected chi connectivity index (χ2v) is 9.03. The maximum atomic E-state index is 12.2. The predicted molar refractivity (Wildman–Crippen MR) is 108 cm³/mol. The Labute approximate surface area is 163 Å². The third-order valence-electron chi connectivity index (χ3n) is 6.48. The molecule has 2 heterocycles. The lowest BCUT2D eigenvalue weighted by Gasteiger charge is -2.50. The molecule has 2 aromatic carbocycles. The van der Waals surface area contributed by atoms with Crippen LogP contribution in [0.4, 0.5) is 0 Å². The number of nitrogens with one attached hydrogen (secondary N) is 1. The fourth-order valence-electron chi connectivity index (χ4n) is 4.95. The zero-order valence-corrected chi connectivity index (χ0v) is 16.5. The summed E-state index contributed by atoms with van der Waals surface area (Å²) in [7, 11) is 1.97. The van der Waals surface area contributed by atoms with Gasteiger partial charge in [-0.15, -0.1) is 0 Å². The van der Waals surface area contributed by atoms with Crippen molar-refractivity contribution in [2.75, 3.05) is 7.05 Å². The Balaban J connectivity index is 1.48. The molecule has 0 unspecified atom stereocenters. The maximum absolute atomic E-state index is 12.2. The second-order valence-electron chi connectivity index (χ2n) is 7.97. The summed E-state index contributed by atoms with van der Waals surface area (Å²) in [4.78, 5) is 15.4. The summed E-state index contributed by atoms with van der Waals surface area (Å²) in [6.45, 7) is 2.34. The number of carbonyl (C=O) groups excluding carboxylic acids is 1. The molecule has 27 heavy (non-hydrogen) atoms. The van der Waals surface area contributed by atoms with Gasteiger partial charge >= 0.3 is 0 Å². The van der Waals surface area contributed by atoms with Crippen LogP contribution in [-0.4, -0.2) is 34.1 Å². The number of nitrogens with zero attached hydrogens (tertiary/aromatic N) is 2. The Morgan fingerprint density at radius 1 is 1.22 bits per heavy atom. The molecule has 1 N–H and O–H groups in total. The standard InChI is InChI=1S/C22H23N3OS/c1-22-12-11-20(26)25(2)19(22)10-7-14-13-15(8-9-17(14)22)27-21-16-5-3-4-6-18(16)23-24-21/h3-6,8-9,13,19H,7,10-12H2,1-2H3,(H,23,24)/t19-,22-/m1/s1. The average molecular weight is 378 g/mol. The van der Waals surface area contributed by atoms with Gasteiger partial charge in [-0.3, -0.25) is 9.89 Å². The SMILES string of the molecule is CN1C(=O)CC[C@]2(C)c3ccc(Sc4n[nH]c5ccccc45)cc3CC[C@@H]12. The normalized spacial score (nSPS) is 24.7. The van der Waals surface area contributed by atoms with Gasteiger partial charge in [-0.05, 0) is 48.6 Å². The summed E-state index contributed by atoms with van der Waals surface area (Å²) in [5.41, 5.74) is 4.00. The van der Waals surface area contributed by atoms with Crippen LogP contribution in [0.2, 0.25) is 0 Å². The lowest BCUT2D eigenvalue weighted by molar-refractivity contribution is -0.138. The number of H-pyrrole nitrogens is 1. The molecule has 2 atom stereocenters. The van der Waals surface area contributed by atoms with Crippen molar-refractivity contribution in [2.24, 2.45) is 0 Å². The van der Waals surface area contributed by atoms with Crippen molar-refractivity contribution in [1.29, 1.82) is 0 Å². The number of para-hydroxylation sites is 1. The van der Waals surface area contributed by atoms with E-state index in [1.165, 1.54) is 21.4 Å². The number of fused-ring (bicyclic) bond motifs is 4. The molecule has 5 rings (SSSR count). The van der Waals surface area contributed by atoms with Crippen LogP contribution < -0.4 is 0 Å². The molecular weight excluding hydrogens is 354 g/mol. The number of benzene rings is 2. The molecule has 0 bridgehead atoms. The first-order valence-corrected chi connectivity index (χ1v) is 10.4. The van der Waals surface area contributed by atoms with Crippen molar-refractivity contribution >= 4 is 28.6 Å². The van der Waals surface area contributed by atoms with Crippen LogP contribution in [0, 0.1) is 0 Å². The number of aromatic nitrogens is 2. The second kappa shape index (κ2) is 6.13. The molecule has 1 fully saturated rings. The van der Waals surface area contributed by atoms with Crippen molar-refractivity contribution in [3.8, 4) is 0 Å². The summed E-state index contributed by atoms with van der Waals surface area (Å²) >= 11 is 1.72. The van der Waals surface area contributed by atoms with Crippen molar-refractivity contribution in [2.45, 2.75) is 54.0 Å².